The van der Waals surface area contributed by atoms with Gasteiger partial charge in [0.05, 0.1) is 21.8 Å². The zero-order valence-corrected chi connectivity index (χ0v) is 17.9. The summed E-state index contributed by atoms with van der Waals surface area (Å²) in [5, 5.41) is 3.93. The van der Waals surface area contributed by atoms with E-state index in [2.05, 4.69) is 22.3 Å². The molecule has 1 fully saturated rings. The van der Waals surface area contributed by atoms with Crippen LogP contribution in [0.25, 0.3) is 0 Å². The molecule has 1 amide bonds. The first-order valence-electron chi connectivity index (χ1n) is 10.0. The molecule has 1 heterocycles. The Balaban J connectivity index is 1.52. The summed E-state index contributed by atoms with van der Waals surface area (Å²) >= 11 is 8.26. The number of amides is 1. The third-order valence-corrected chi connectivity index (χ3v) is 7.35. The maximum absolute atomic E-state index is 13.4. The Kier molecular flexibility index (Phi) is 4.97. The normalized spacial score (nSPS) is 18.7. The fourth-order valence-electron chi connectivity index (χ4n) is 4.16. The van der Waals surface area contributed by atoms with E-state index in [-0.39, 0.29) is 11.4 Å². The second kappa shape index (κ2) is 7.65. The van der Waals surface area contributed by atoms with Crippen LogP contribution in [0.3, 0.4) is 0 Å². The lowest BCUT2D eigenvalue weighted by Crippen LogP contribution is -2.46. The molecule has 5 rings (SSSR count). The molecule has 3 aromatic carbocycles. The van der Waals surface area contributed by atoms with Crippen molar-refractivity contribution < 1.29 is 4.79 Å². The van der Waals surface area contributed by atoms with E-state index < -0.39 is 5.41 Å². The van der Waals surface area contributed by atoms with Gasteiger partial charge < -0.3 is 16.0 Å². The van der Waals surface area contributed by atoms with E-state index >= 15 is 0 Å². The summed E-state index contributed by atoms with van der Waals surface area (Å²) < 4.78 is 0. The molecule has 1 aliphatic heterocycles. The minimum Gasteiger partial charge on any atom is -0.326 e. The van der Waals surface area contributed by atoms with Crippen LogP contribution in [0.15, 0.2) is 77.7 Å². The quantitative estimate of drug-likeness (QED) is 0.580. The fraction of sp³-hybridized carbons (Fsp3) is 0.208. The maximum Gasteiger partial charge on any atom is 0.232 e. The molecule has 0 spiro atoms. The second-order valence-corrected chi connectivity index (χ2v) is 9.21. The molecular formula is C24H22ClN3OS. The van der Waals surface area contributed by atoms with E-state index in [1.165, 1.54) is 0 Å². The number of nitrogens with two attached hydrogens (primary N) is 1. The van der Waals surface area contributed by atoms with Crippen molar-refractivity contribution >= 4 is 40.6 Å². The van der Waals surface area contributed by atoms with Crippen LogP contribution in [-0.4, -0.2) is 11.4 Å². The molecule has 30 heavy (non-hydrogen) atoms. The Morgan fingerprint density at radius 1 is 1.07 bits per heavy atom. The zero-order valence-electron chi connectivity index (χ0n) is 16.3. The van der Waals surface area contributed by atoms with Gasteiger partial charge in [0, 0.05) is 11.4 Å². The summed E-state index contributed by atoms with van der Waals surface area (Å²) in [4.78, 5) is 16.7. The van der Waals surface area contributed by atoms with Gasteiger partial charge >= 0.3 is 0 Å². The Bertz CT molecular complexity index is 1100. The third kappa shape index (κ3) is 3.18. The number of rotatable bonds is 5. The highest BCUT2D eigenvalue weighted by Gasteiger charge is 2.52. The van der Waals surface area contributed by atoms with Gasteiger partial charge in [0.2, 0.25) is 5.91 Å². The molecule has 1 unspecified atom stereocenters. The van der Waals surface area contributed by atoms with Gasteiger partial charge in [-0.05, 0) is 42.2 Å². The van der Waals surface area contributed by atoms with Gasteiger partial charge in [0.25, 0.3) is 0 Å². The molecule has 0 aromatic heterocycles. The van der Waals surface area contributed by atoms with Crippen LogP contribution in [0.2, 0.25) is 5.02 Å². The number of para-hydroxylation sites is 2. The third-order valence-electron chi connectivity index (χ3n) is 5.89. The van der Waals surface area contributed by atoms with Crippen molar-refractivity contribution in [2.24, 2.45) is 5.73 Å². The number of carbonyl (C=O) groups is 1. The van der Waals surface area contributed by atoms with Gasteiger partial charge in [0.15, 0.2) is 5.50 Å². The summed E-state index contributed by atoms with van der Waals surface area (Å²) in [5.74, 6) is 0.0605. The van der Waals surface area contributed by atoms with Crippen molar-refractivity contribution in [3.05, 3.63) is 88.9 Å². The van der Waals surface area contributed by atoms with Gasteiger partial charge in [-0.1, -0.05) is 78.0 Å². The molecule has 2 aliphatic rings. The van der Waals surface area contributed by atoms with Gasteiger partial charge in [-0.3, -0.25) is 4.79 Å². The number of hydrogen-bond acceptors (Lipinski definition) is 4. The van der Waals surface area contributed by atoms with Crippen LogP contribution in [-0.2, 0) is 16.8 Å². The monoisotopic (exact) mass is 435 g/mol. The molecule has 1 saturated carbocycles. The van der Waals surface area contributed by atoms with Crippen LogP contribution in [0.4, 0.5) is 11.4 Å². The lowest BCUT2D eigenvalue weighted by atomic mass is 9.95. The number of halogens is 1. The number of nitrogens with zero attached hydrogens (tertiary/aromatic N) is 1. The van der Waals surface area contributed by atoms with Crippen LogP contribution in [0, 0.1) is 0 Å². The molecule has 4 nitrogen and oxygen atoms in total. The summed E-state index contributed by atoms with van der Waals surface area (Å²) in [6.45, 7) is 0.369. The standard InChI is InChI=1S/C24H22ClN3OS/c25-18-10-6-7-16(15-26)21(18)28-19-11-4-5-12-20(19)30-23(28)27-22(29)24(13-14-24)17-8-2-1-3-9-17/h1-12,23H,13-15,26H2,(H,27,29). The van der Waals surface area contributed by atoms with Crippen molar-refractivity contribution in [3.8, 4) is 0 Å². The molecule has 3 N–H and O–H groups in total. The molecule has 0 saturated heterocycles. The van der Waals surface area contributed by atoms with Gasteiger partial charge in [0.1, 0.15) is 0 Å². The molecule has 6 heteroatoms. The molecular weight excluding hydrogens is 414 g/mol. The Morgan fingerprint density at radius 3 is 2.53 bits per heavy atom. The summed E-state index contributed by atoms with van der Waals surface area (Å²) in [6, 6.07) is 24.0. The first-order valence-corrected chi connectivity index (χ1v) is 11.3. The van der Waals surface area contributed by atoms with Crippen LogP contribution >= 0.6 is 23.4 Å². The molecule has 152 valence electrons. The highest BCUT2D eigenvalue weighted by atomic mass is 35.5. The van der Waals surface area contributed by atoms with Gasteiger partial charge in [-0.15, -0.1) is 0 Å². The summed E-state index contributed by atoms with van der Waals surface area (Å²) in [7, 11) is 0. The van der Waals surface area contributed by atoms with Crippen molar-refractivity contribution in [2.75, 3.05) is 4.90 Å². The first kappa shape index (κ1) is 19.5. The predicted octanol–water partition coefficient (Wildman–Crippen LogP) is 5.17. The highest BCUT2D eigenvalue weighted by molar-refractivity contribution is 8.00. The van der Waals surface area contributed by atoms with E-state index in [4.69, 9.17) is 17.3 Å². The average molecular weight is 436 g/mol. The average Bonchev–Trinajstić information content (AvgIpc) is 3.52. The number of nitrogens with one attached hydrogen (secondary N) is 1. The predicted molar refractivity (Wildman–Crippen MR) is 123 cm³/mol. The highest BCUT2D eigenvalue weighted by Crippen LogP contribution is 2.52. The number of hydrogen-bond donors (Lipinski definition) is 2. The minimum atomic E-state index is -0.431. The molecule has 3 aromatic rings. The van der Waals surface area contributed by atoms with Crippen molar-refractivity contribution in [1.29, 1.82) is 0 Å². The Morgan fingerprint density at radius 2 is 1.80 bits per heavy atom. The number of anilines is 2. The van der Waals surface area contributed by atoms with E-state index in [0.29, 0.717) is 11.6 Å². The van der Waals surface area contributed by atoms with E-state index in [9.17, 15) is 4.79 Å². The lowest BCUT2D eigenvalue weighted by Gasteiger charge is -2.31. The summed E-state index contributed by atoms with van der Waals surface area (Å²) in [5.41, 5.74) is 9.22. The van der Waals surface area contributed by atoms with Crippen LogP contribution in [0.1, 0.15) is 24.0 Å². The van der Waals surface area contributed by atoms with E-state index in [1.807, 2.05) is 60.7 Å². The fourth-order valence-corrected chi connectivity index (χ4v) is 5.62. The van der Waals surface area contributed by atoms with E-state index in [1.54, 1.807) is 11.8 Å². The second-order valence-electron chi connectivity index (χ2n) is 7.68. The Labute approximate surface area is 185 Å². The SMILES string of the molecule is NCc1cccc(Cl)c1N1c2ccccc2SC1NC(=O)C1(c2ccccc2)CC1. The summed E-state index contributed by atoms with van der Waals surface area (Å²) in [6.07, 6.45) is 1.74. The number of carbonyl (C=O) groups excluding carboxylic acids is 1. The van der Waals surface area contributed by atoms with E-state index in [0.717, 1.165) is 40.2 Å². The molecule has 1 aliphatic carbocycles. The number of thioether (sulfide) groups is 1. The zero-order chi connectivity index (χ0) is 20.7. The van der Waals surface area contributed by atoms with Crippen molar-refractivity contribution in [2.45, 2.75) is 35.2 Å². The van der Waals surface area contributed by atoms with Crippen LogP contribution in [0.5, 0.6) is 0 Å². The maximum atomic E-state index is 13.4. The lowest BCUT2D eigenvalue weighted by molar-refractivity contribution is -0.123. The van der Waals surface area contributed by atoms with Crippen molar-refractivity contribution in [3.63, 3.8) is 0 Å². The number of fused-ring (bicyclic) bond motifs is 1. The number of benzene rings is 3. The largest absolute Gasteiger partial charge is 0.326 e. The topological polar surface area (TPSA) is 58.4 Å². The smallest absolute Gasteiger partial charge is 0.232 e. The minimum absolute atomic E-state index is 0.0605. The van der Waals surface area contributed by atoms with Gasteiger partial charge in [-0.25, -0.2) is 0 Å². The molecule has 0 bridgehead atoms. The van der Waals surface area contributed by atoms with Crippen LogP contribution < -0.4 is 16.0 Å². The van der Waals surface area contributed by atoms with Gasteiger partial charge in [-0.2, -0.15) is 0 Å². The van der Waals surface area contributed by atoms with Crippen molar-refractivity contribution in [1.82, 2.24) is 5.32 Å². The first-order chi connectivity index (χ1) is 14.6. The molecule has 0 radical (unpaired) electrons. The Hall–Kier alpha value is -2.47. The molecule has 1 atom stereocenters.